The van der Waals surface area contributed by atoms with E-state index in [1.165, 1.54) is 29.8 Å². The molecule has 1 saturated carbocycles. The molecule has 7 fully saturated rings. The maximum Gasteiger partial charge on any atom is 0.319 e. The van der Waals surface area contributed by atoms with Crippen LogP contribution in [0.5, 0.6) is 11.8 Å². The summed E-state index contributed by atoms with van der Waals surface area (Å²) in [6, 6.07) is 14.2. The molecule has 6 aliphatic heterocycles. The lowest BCUT2D eigenvalue weighted by molar-refractivity contribution is -0.134. The minimum absolute atomic E-state index is 0.0200. The van der Waals surface area contributed by atoms with Crippen LogP contribution in [0, 0.1) is 29.4 Å². The van der Waals surface area contributed by atoms with Crippen molar-refractivity contribution in [3.05, 3.63) is 77.1 Å². The lowest BCUT2D eigenvalue weighted by Crippen LogP contribution is -2.64. The van der Waals surface area contributed by atoms with Gasteiger partial charge in [0.15, 0.2) is 5.82 Å². The lowest BCUT2D eigenvalue weighted by Gasteiger charge is -2.52. The van der Waals surface area contributed by atoms with Crippen molar-refractivity contribution in [1.82, 2.24) is 50.1 Å². The number of nitrogens with one attached hydrogen (secondary N) is 2. The van der Waals surface area contributed by atoms with Gasteiger partial charge in [-0.3, -0.25) is 34.4 Å². The molecule has 17 heteroatoms. The fourth-order valence-electron chi connectivity index (χ4n) is 13.3. The zero-order valence-electron chi connectivity index (χ0n) is 41.3. The Morgan fingerprint density at radius 1 is 0.877 bits per heavy atom. The van der Waals surface area contributed by atoms with E-state index in [9.17, 15) is 14.7 Å². The zero-order chi connectivity index (χ0) is 49.7. The summed E-state index contributed by atoms with van der Waals surface area (Å²) < 4.78 is 40.6. The molecule has 6 aromatic rings. The van der Waals surface area contributed by atoms with Gasteiger partial charge in [0.05, 0.1) is 34.7 Å². The normalized spacial score (nSPS) is 24.4. The molecule has 3 atom stereocenters. The van der Waals surface area contributed by atoms with Crippen molar-refractivity contribution in [3.8, 4) is 35.4 Å². The number of piperazine rings is 1. The SMILES string of the molecule is C#Cc1c(F)ccc2cc(O)cc(-c3ncc4c(N5CC6CCC(C5)N6)nc(OCC5(CN6CCC(N7CC(N8CCC(c9ccc%10c(C%11CCC(=O)NC%11=O)nn(C)c%10c9)CC8)C7)CC6)CC5)nc4c3F)c12. The molecular formula is C56H61F2N11O4. The Balaban J connectivity index is 0.634. The Hall–Kier alpha value is -6.32. The quantitative estimate of drug-likeness (QED) is 0.0977. The second-order valence-corrected chi connectivity index (χ2v) is 22.2. The van der Waals surface area contributed by atoms with Crippen LogP contribution >= 0.6 is 0 Å². The highest BCUT2D eigenvalue weighted by Crippen LogP contribution is 2.48. The summed E-state index contributed by atoms with van der Waals surface area (Å²) in [5.41, 5.74) is 3.23. The van der Waals surface area contributed by atoms with Crippen LogP contribution in [0.4, 0.5) is 14.6 Å². The third-order valence-electron chi connectivity index (χ3n) is 17.6. The predicted molar refractivity (Wildman–Crippen MR) is 273 cm³/mol. The Bertz CT molecular complexity index is 3230. The third-order valence-corrected chi connectivity index (χ3v) is 17.6. The van der Waals surface area contributed by atoms with E-state index in [0.717, 1.165) is 127 Å². The van der Waals surface area contributed by atoms with E-state index in [0.29, 0.717) is 71.5 Å². The number of terminal acetylenes is 1. The smallest absolute Gasteiger partial charge is 0.319 e. The number of ether oxygens (including phenoxy) is 1. The summed E-state index contributed by atoms with van der Waals surface area (Å²) >= 11 is 0. The molecule has 378 valence electrons. The molecule has 13 rings (SSSR count). The van der Waals surface area contributed by atoms with Gasteiger partial charge >= 0.3 is 6.01 Å². The number of anilines is 1. The van der Waals surface area contributed by atoms with Gasteiger partial charge in [-0.25, -0.2) is 8.78 Å². The van der Waals surface area contributed by atoms with Crippen LogP contribution in [0.15, 0.2) is 48.7 Å². The molecule has 1 aliphatic carbocycles. The van der Waals surface area contributed by atoms with Crippen molar-refractivity contribution in [2.75, 3.05) is 70.4 Å². The Morgan fingerprint density at radius 2 is 1.66 bits per heavy atom. The molecule has 9 heterocycles. The van der Waals surface area contributed by atoms with Gasteiger partial charge in [0, 0.05) is 98.3 Å². The number of carbonyl (C=O) groups is 2. The number of hydrogen-bond donors (Lipinski definition) is 3. The number of aryl methyl sites for hydroxylation is 1. The minimum atomic E-state index is -0.717. The van der Waals surface area contributed by atoms with Gasteiger partial charge in [-0.2, -0.15) is 15.1 Å². The number of pyridine rings is 1. The van der Waals surface area contributed by atoms with Crippen LogP contribution in [0.25, 0.3) is 43.8 Å². The van der Waals surface area contributed by atoms with Crippen LogP contribution in [0.2, 0.25) is 0 Å². The highest BCUT2D eigenvalue weighted by atomic mass is 19.1. The molecule has 15 nitrogen and oxygen atoms in total. The maximum atomic E-state index is 17.2. The molecule has 6 saturated heterocycles. The first-order valence-corrected chi connectivity index (χ1v) is 26.4. The predicted octanol–water partition coefficient (Wildman–Crippen LogP) is 6.34. The largest absolute Gasteiger partial charge is 0.508 e. The van der Waals surface area contributed by atoms with Gasteiger partial charge in [0.25, 0.3) is 0 Å². The number of phenols is 1. The number of aromatic nitrogens is 5. The van der Waals surface area contributed by atoms with E-state index in [2.05, 4.69) is 59.3 Å². The fraction of sp³-hybridized carbons (Fsp3) is 0.500. The fourth-order valence-corrected chi connectivity index (χ4v) is 13.3. The molecule has 3 aromatic heterocycles. The second-order valence-electron chi connectivity index (χ2n) is 22.2. The van der Waals surface area contributed by atoms with Crippen molar-refractivity contribution in [3.63, 3.8) is 0 Å². The summed E-state index contributed by atoms with van der Waals surface area (Å²) in [6.07, 6.45) is 17.0. The third kappa shape index (κ3) is 8.53. The molecule has 2 bridgehead atoms. The summed E-state index contributed by atoms with van der Waals surface area (Å²) in [5.74, 6) is 1.18. The number of fused-ring (bicyclic) bond motifs is 5. The van der Waals surface area contributed by atoms with Crippen molar-refractivity contribution < 1.29 is 28.2 Å². The Labute approximate surface area is 422 Å². The summed E-state index contributed by atoms with van der Waals surface area (Å²) in [5, 5.41) is 23.9. The molecule has 3 N–H and O–H groups in total. The number of benzene rings is 3. The van der Waals surface area contributed by atoms with E-state index in [-0.39, 0.29) is 51.3 Å². The van der Waals surface area contributed by atoms with Gasteiger partial charge in [-0.15, -0.1) is 6.42 Å². The number of aromatic hydroxyl groups is 1. The van der Waals surface area contributed by atoms with E-state index in [1.54, 1.807) is 6.20 Å². The van der Waals surface area contributed by atoms with Crippen LogP contribution in [0.3, 0.4) is 0 Å². The summed E-state index contributed by atoms with van der Waals surface area (Å²) in [4.78, 5) is 48.9. The molecule has 0 radical (unpaired) electrons. The van der Waals surface area contributed by atoms with E-state index in [1.807, 2.05) is 11.7 Å². The highest BCUT2D eigenvalue weighted by Gasteiger charge is 2.47. The average Bonchev–Trinajstić information content (AvgIpc) is 3.95. The average molecular weight is 990 g/mol. The van der Waals surface area contributed by atoms with Gasteiger partial charge < -0.3 is 25.0 Å². The zero-order valence-corrected chi connectivity index (χ0v) is 41.3. The first kappa shape index (κ1) is 46.5. The number of phenolic OH excluding ortho intramolecular Hbond substituents is 1. The summed E-state index contributed by atoms with van der Waals surface area (Å²) in [6.45, 7) is 9.36. The molecule has 73 heavy (non-hydrogen) atoms. The van der Waals surface area contributed by atoms with Crippen molar-refractivity contribution in [2.45, 2.75) is 100 Å². The molecule has 2 amide bonds. The standard InChI is InChI=1S/C56H61F2N11O4/c1-3-40-45(57)10-5-34-22-39(70)24-43(48(34)40)51-49(58)52-44(25-59-51)53(69-26-35-6-7-36(27-69)60-35)63-55(62-52)73-31-56(16-17-56)30-66-18-14-37(15-19-66)68-28-38(29-68)67-20-12-32(13-21-67)33-4-8-41-46(23-33)65(2)64-50(41)42-9-11-47(71)61-54(42)72/h1,4-5,8,10,22-25,32,35-38,42,60,70H,6-7,9,11-21,26-31H2,2H3,(H,61,71,72). The van der Waals surface area contributed by atoms with Crippen molar-refractivity contribution >= 4 is 50.2 Å². The first-order chi connectivity index (χ1) is 35.5. The number of nitrogens with zero attached hydrogens (tertiary/aromatic N) is 9. The van der Waals surface area contributed by atoms with E-state index < -0.39 is 17.6 Å². The van der Waals surface area contributed by atoms with Crippen LogP contribution in [0.1, 0.15) is 92.9 Å². The number of amides is 2. The van der Waals surface area contributed by atoms with Gasteiger partial charge in [-0.1, -0.05) is 24.1 Å². The molecular weight excluding hydrogens is 929 g/mol. The maximum absolute atomic E-state index is 17.2. The molecule has 7 aliphatic rings. The minimum Gasteiger partial charge on any atom is -0.508 e. The van der Waals surface area contributed by atoms with Gasteiger partial charge in [-0.05, 0) is 125 Å². The summed E-state index contributed by atoms with van der Waals surface area (Å²) in [7, 11) is 1.94. The van der Waals surface area contributed by atoms with Crippen molar-refractivity contribution in [1.29, 1.82) is 0 Å². The monoisotopic (exact) mass is 989 g/mol. The van der Waals surface area contributed by atoms with Crippen LogP contribution in [-0.2, 0) is 16.6 Å². The van der Waals surface area contributed by atoms with Crippen LogP contribution in [-0.4, -0.2) is 146 Å². The lowest BCUT2D eigenvalue weighted by atomic mass is 9.86. The molecule has 3 aromatic carbocycles. The number of piperidine rings is 3. The topological polar surface area (TPSA) is 157 Å². The second kappa shape index (κ2) is 18.3. The van der Waals surface area contributed by atoms with E-state index in [4.69, 9.17) is 26.2 Å². The molecule has 0 spiro atoms. The number of rotatable bonds is 11. The molecule has 3 unspecified atom stereocenters. The number of imide groups is 1. The Morgan fingerprint density at radius 3 is 2.40 bits per heavy atom. The Kier molecular flexibility index (Phi) is 11.6. The van der Waals surface area contributed by atoms with Crippen LogP contribution < -0.4 is 20.3 Å². The van der Waals surface area contributed by atoms with Crippen molar-refractivity contribution in [2.24, 2.45) is 12.5 Å². The van der Waals surface area contributed by atoms with Gasteiger partial charge in [0.2, 0.25) is 11.8 Å². The highest BCUT2D eigenvalue weighted by molar-refractivity contribution is 6.04. The number of carbonyl (C=O) groups excluding carboxylic acids is 2. The number of likely N-dealkylation sites (tertiary alicyclic amines) is 3. The first-order valence-electron chi connectivity index (χ1n) is 26.4. The number of halogens is 2. The van der Waals surface area contributed by atoms with Gasteiger partial charge in [0.1, 0.15) is 28.6 Å². The van der Waals surface area contributed by atoms with E-state index >= 15 is 8.78 Å². The number of hydrogen-bond acceptors (Lipinski definition) is 13.